The first-order chi connectivity index (χ1) is 11.0. The second-order valence-corrected chi connectivity index (χ2v) is 8.48. The van der Waals surface area contributed by atoms with Gasteiger partial charge in [-0.3, -0.25) is 4.79 Å². The highest BCUT2D eigenvalue weighted by atomic mass is 16.5. The zero-order valence-electron chi connectivity index (χ0n) is 16.9. The van der Waals surface area contributed by atoms with Crippen LogP contribution in [0.15, 0.2) is 0 Å². The summed E-state index contributed by atoms with van der Waals surface area (Å²) in [5.74, 6) is 0.131. The zero-order chi connectivity index (χ0) is 18.6. The zero-order valence-corrected chi connectivity index (χ0v) is 16.9. The van der Waals surface area contributed by atoms with Gasteiger partial charge in [0.25, 0.3) is 0 Å². The molecule has 0 atom stereocenters. The minimum atomic E-state index is -0.343. The maximum atomic E-state index is 12.0. The van der Waals surface area contributed by atoms with Crippen LogP contribution in [0.3, 0.4) is 0 Å². The predicted octanol–water partition coefficient (Wildman–Crippen LogP) is 3.37. The van der Waals surface area contributed by atoms with Crippen LogP contribution in [-0.2, 0) is 19.0 Å². The molecule has 0 aliphatic heterocycles. The van der Waals surface area contributed by atoms with E-state index in [1.165, 1.54) is 6.42 Å². The molecule has 0 aromatic rings. The van der Waals surface area contributed by atoms with Crippen LogP contribution in [0.5, 0.6) is 0 Å². The molecule has 0 aliphatic rings. The Bertz CT molecular complexity index is 331. The predicted molar refractivity (Wildman–Crippen MR) is 98.2 cm³/mol. The van der Waals surface area contributed by atoms with Crippen LogP contribution in [0, 0.1) is 10.8 Å². The Morgan fingerprint density at radius 1 is 0.792 bits per heavy atom. The SMILES string of the molecule is CN(CCOCCOCCOCCCC(C)(C)C)C(=O)C(C)(C)C. The van der Waals surface area contributed by atoms with Crippen molar-refractivity contribution in [2.24, 2.45) is 10.8 Å². The number of hydrogen-bond donors (Lipinski definition) is 0. The third-order valence-corrected chi connectivity index (χ3v) is 3.52. The van der Waals surface area contributed by atoms with Crippen LogP contribution < -0.4 is 0 Å². The molecule has 1 amide bonds. The monoisotopic (exact) mass is 345 g/mol. The highest BCUT2D eigenvalue weighted by Gasteiger charge is 2.24. The first-order valence-electron chi connectivity index (χ1n) is 9.03. The van der Waals surface area contributed by atoms with E-state index in [1.54, 1.807) is 4.90 Å². The van der Waals surface area contributed by atoms with Crippen molar-refractivity contribution < 1.29 is 19.0 Å². The van der Waals surface area contributed by atoms with Gasteiger partial charge in [0.2, 0.25) is 5.91 Å². The van der Waals surface area contributed by atoms with Gasteiger partial charge in [0.1, 0.15) is 0 Å². The molecule has 0 bridgehead atoms. The second kappa shape index (κ2) is 11.8. The van der Waals surface area contributed by atoms with E-state index in [1.807, 2.05) is 27.8 Å². The summed E-state index contributed by atoms with van der Waals surface area (Å²) in [7, 11) is 1.81. The van der Waals surface area contributed by atoms with E-state index < -0.39 is 0 Å². The number of carbonyl (C=O) groups is 1. The van der Waals surface area contributed by atoms with Gasteiger partial charge in [-0.25, -0.2) is 0 Å². The van der Waals surface area contributed by atoms with E-state index in [9.17, 15) is 4.79 Å². The number of hydrogen-bond acceptors (Lipinski definition) is 4. The summed E-state index contributed by atoms with van der Waals surface area (Å²) in [6.07, 6.45) is 2.27. The Hall–Kier alpha value is -0.650. The van der Waals surface area contributed by atoms with Crippen molar-refractivity contribution in [1.82, 2.24) is 4.90 Å². The molecule has 144 valence electrons. The molecule has 0 N–H and O–H groups in total. The van der Waals surface area contributed by atoms with Gasteiger partial charge in [0.05, 0.1) is 33.0 Å². The molecule has 24 heavy (non-hydrogen) atoms. The fourth-order valence-corrected chi connectivity index (χ4v) is 2.12. The van der Waals surface area contributed by atoms with Gasteiger partial charge in [0, 0.05) is 25.6 Å². The van der Waals surface area contributed by atoms with Crippen LogP contribution in [0.1, 0.15) is 54.4 Å². The van der Waals surface area contributed by atoms with Gasteiger partial charge in [-0.2, -0.15) is 0 Å². The minimum absolute atomic E-state index is 0.131. The Balaban J connectivity index is 3.36. The molecule has 0 aliphatic carbocycles. The van der Waals surface area contributed by atoms with E-state index >= 15 is 0 Å². The standard InChI is InChI=1S/C19H39NO4/c1-18(2,3)9-8-11-22-13-15-24-16-14-23-12-10-20(7)17(21)19(4,5)6/h8-16H2,1-7H3. The quantitative estimate of drug-likeness (QED) is 0.509. The van der Waals surface area contributed by atoms with Crippen molar-refractivity contribution in [3.05, 3.63) is 0 Å². The molecule has 0 rings (SSSR count). The Kier molecular flexibility index (Phi) is 11.5. The number of carbonyl (C=O) groups excluding carboxylic acids is 1. The highest BCUT2D eigenvalue weighted by Crippen LogP contribution is 2.20. The number of amides is 1. The average Bonchev–Trinajstić information content (AvgIpc) is 2.45. The van der Waals surface area contributed by atoms with Gasteiger partial charge in [0.15, 0.2) is 0 Å². The van der Waals surface area contributed by atoms with Crippen molar-refractivity contribution in [3.8, 4) is 0 Å². The van der Waals surface area contributed by atoms with Crippen LogP contribution in [0.4, 0.5) is 0 Å². The summed E-state index contributed by atoms with van der Waals surface area (Å²) in [4.78, 5) is 13.7. The van der Waals surface area contributed by atoms with E-state index in [0.717, 1.165) is 13.0 Å². The third kappa shape index (κ3) is 13.8. The summed E-state index contributed by atoms with van der Waals surface area (Å²) in [6.45, 7) is 16.8. The summed E-state index contributed by atoms with van der Waals surface area (Å²) < 4.78 is 16.5. The van der Waals surface area contributed by atoms with E-state index in [-0.39, 0.29) is 11.3 Å². The van der Waals surface area contributed by atoms with Crippen LogP contribution in [0.25, 0.3) is 0 Å². The molecule has 0 aromatic heterocycles. The maximum Gasteiger partial charge on any atom is 0.227 e. The Morgan fingerprint density at radius 3 is 1.71 bits per heavy atom. The molecule has 0 unspecified atom stereocenters. The second-order valence-electron chi connectivity index (χ2n) is 8.48. The molecular weight excluding hydrogens is 306 g/mol. The summed E-state index contributed by atoms with van der Waals surface area (Å²) in [5, 5.41) is 0. The van der Waals surface area contributed by atoms with E-state index in [2.05, 4.69) is 20.8 Å². The van der Waals surface area contributed by atoms with Gasteiger partial charge >= 0.3 is 0 Å². The Labute approximate surface area is 149 Å². The van der Waals surface area contributed by atoms with Gasteiger partial charge in [-0.1, -0.05) is 41.5 Å². The molecule has 0 fully saturated rings. The first kappa shape index (κ1) is 23.4. The lowest BCUT2D eigenvalue weighted by Crippen LogP contribution is -2.38. The number of likely N-dealkylation sites (N-methyl/N-ethyl adjacent to an activating group) is 1. The number of nitrogens with zero attached hydrogens (tertiary/aromatic N) is 1. The molecule has 0 saturated heterocycles. The first-order valence-corrected chi connectivity index (χ1v) is 9.03. The largest absolute Gasteiger partial charge is 0.379 e. The van der Waals surface area contributed by atoms with Crippen molar-refractivity contribution in [1.29, 1.82) is 0 Å². The number of ether oxygens (including phenoxy) is 3. The minimum Gasteiger partial charge on any atom is -0.379 e. The van der Waals surface area contributed by atoms with Gasteiger partial charge in [-0.05, 0) is 18.3 Å². The van der Waals surface area contributed by atoms with Gasteiger partial charge < -0.3 is 19.1 Å². The fraction of sp³-hybridized carbons (Fsp3) is 0.947. The van der Waals surface area contributed by atoms with Crippen LogP contribution in [0.2, 0.25) is 0 Å². The molecular formula is C19H39NO4. The van der Waals surface area contributed by atoms with Crippen LogP contribution >= 0.6 is 0 Å². The van der Waals surface area contributed by atoms with Crippen molar-refractivity contribution in [3.63, 3.8) is 0 Å². The summed E-state index contributed by atoms with van der Waals surface area (Å²) >= 11 is 0. The van der Waals surface area contributed by atoms with Gasteiger partial charge in [-0.15, -0.1) is 0 Å². The van der Waals surface area contributed by atoms with E-state index in [4.69, 9.17) is 14.2 Å². The van der Waals surface area contributed by atoms with Crippen LogP contribution in [-0.4, -0.2) is 64.0 Å². The normalized spacial score (nSPS) is 12.5. The Morgan fingerprint density at radius 2 is 1.25 bits per heavy atom. The molecule has 0 aromatic carbocycles. The molecule has 0 radical (unpaired) electrons. The smallest absolute Gasteiger partial charge is 0.227 e. The lowest BCUT2D eigenvalue weighted by atomic mass is 9.91. The molecule has 0 saturated carbocycles. The number of rotatable bonds is 12. The van der Waals surface area contributed by atoms with Crippen molar-refractivity contribution in [2.75, 3.05) is 53.2 Å². The topological polar surface area (TPSA) is 48.0 Å². The summed E-state index contributed by atoms with van der Waals surface area (Å²) in [5.41, 5.74) is 0.0352. The maximum absolute atomic E-state index is 12.0. The molecule has 5 heteroatoms. The average molecular weight is 346 g/mol. The fourth-order valence-electron chi connectivity index (χ4n) is 2.12. The summed E-state index contributed by atoms with van der Waals surface area (Å²) in [6, 6.07) is 0. The third-order valence-electron chi connectivity index (χ3n) is 3.52. The molecule has 5 nitrogen and oxygen atoms in total. The molecule has 0 heterocycles. The lowest BCUT2D eigenvalue weighted by molar-refractivity contribution is -0.138. The highest BCUT2D eigenvalue weighted by molar-refractivity contribution is 5.81. The van der Waals surface area contributed by atoms with Crippen molar-refractivity contribution in [2.45, 2.75) is 54.4 Å². The lowest BCUT2D eigenvalue weighted by Gasteiger charge is -2.25. The molecule has 0 spiro atoms. The van der Waals surface area contributed by atoms with E-state index in [0.29, 0.717) is 45.0 Å². The van der Waals surface area contributed by atoms with Crippen molar-refractivity contribution >= 4 is 5.91 Å².